The number of aromatic nitrogens is 5. The molecule has 6 nitrogen and oxygen atoms in total. The third-order valence-corrected chi connectivity index (χ3v) is 4.70. The second-order valence-corrected chi connectivity index (χ2v) is 6.84. The largest absolute Gasteiger partial charge is 0.293 e. The van der Waals surface area contributed by atoms with Gasteiger partial charge in [-0.2, -0.15) is 4.68 Å². The molecule has 0 saturated heterocycles. The Labute approximate surface area is 162 Å². The molecule has 0 spiro atoms. The topological polar surface area (TPSA) is 65.6 Å². The molecule has 0 bridgehead atoms. The van der Waals surface area contributed by atoms with Crippen LogP contribution in [0, 0.1) is 0 Å². The Morgan fingerprint density at radius 3 is 2.42 bits per heavy atom. The molecule has 2 heterocycles. The fraction of sp³-hybridized carbons (Fsp3) is 0.0588. The van der Waals surface area contributed by atoms with Crippen molar-refractivity contribution in [2.75, 3.05) is 0 Å². The van der Waals surface area contributed by atoms with Gasteiger partial charge in [-0.05, 0) is 42.0 Å². The summed E-state index contributed by atoms with van der Waals surface area (Å²) in [6.45, 7) is 0.256. The van der Waals surface area contributed by atoms with Crippen molar-refractivity contribution in [1.82, 2.24) is 24.5 Å². The minimum absolute atomic E-state index is 0.174. The van der Waals surface area contributed by atoms with Crippen LogP contribution in [-0.2, 0) is 6.54 Å². The third-order valence-electron chi connectivity index (χ3n) is 3.86. The van der Waals surface area contributed by atoms with Crippen LogP contribution in [0.3, 0.4) is 0 Å². The molecule has 0 radical (unpaired) electrons. The first-order valence-corrected chi connectivity index (χ1v) is 8.67. The Morgan fingerprint density at radius 2 is 1.69 bits per heavy atom. The first-order valence-electron chi connectivity index (χ1n) is 7.53. The van der Waals surface area contributed by atoms with E-state index in [1.165, 1.54) is 15.6 Å². The molecule has 0 aliphatic rings. The Hall–Kier alpha value is -2.41. The molecule has 0 unspecified atom stereocenters. The number of fused-ring (bicyclic) bond motifs is 1. The van der Waals surface area contributed by atoms with Gasteiger partial charge in [-0.1, -0.05) is 46.1 Å². The molecule has 26 heavy (non-hydrogen) atoms. The van der Waals surface area contributed by atoms with Crippen molar-refractivity contribution in [3.63, 3.8) is 0 Å². The van der Waals surface area contributed by atoms with Gasteiger partial charge in [0.2, 0.25) is 0 Å². The van der Waals surface area contributed by atoms with Gasteiger partial charge in [0.05, 0.1) is 12.2 Å². The number of halogens is 3. The minimum Gasteiger partial charge on any atom is -0.293 e. The number of rotatable bonds is 3. The van der Waals surface area contributed by atoms with Crippen molar-refractivity contribution in [1.29, 1.82) is 0 Å². The second kappa shape index (κ2) is 6.72. The first kappa shape index (κ1) is 17.0. The van der Waals surface area contributed by atoms with Gasteiger partial charge in [0, 0.05) is 15.1 Å². The van der Waals surface area contributed by atoms with E-state index in [9.17, 15) is 4.79 Å². The van der Waals surface area contributed by atoms with E-state index in [4.69, 9.17) is 34.8 Å². The predicted octanol–water partition coefficient (Wildman–Crippen LogP) is 3.99. The highest BCUT2D eigenvalue weighted by molar-refractivity contribution is 6.35. The zero-order chi connectivity index (χ0) is 18.3. The van der Waals surface area contributed by atoms with E-state index in [-0.39, 0.29) is 17.6 Å². The molecular formula is C17H10Cl3N5O. The summed E-state index contributed by atoms with van der Waals surface area (Å²) in [7, 11) is 0. The predicted molar refractivity (Wildman–Crippen MR) is 101 cm³/mol. The molecule has 0 atom stereocenters. The maximum Gasteiger partial charge on any atom is 0.283 e. The van der Waals surface area contributed by atoms with Crippen LogP contribution in [0.15, 0.2) is 53.6 Å². The van der Waals surface area contributed by atoms with Crippen LogP contribution in [0.1, 0.15) is 5.56 Å². The average Bonchev–Trinajstić information content (AvgIpc) is 3.05. The summed E-state index contributed by atoms with van der Waals surface area (Å²) in [6.07, 6.45) is 1.45. The SMILES string of the molecule is O=c1c2nnn(-c3ccc(Cl)cc3)c2ncn1Cc1ccc(Cl)cc1Cl. The zero-order valence-electron chi connectivity index (χ0n) is 13.1. The third kappa shape index (κ3) is 3.07. The lowest BCUT2D eigenvalue weighted by molar-refractivity contribution is 0.745. The summed E-state index contributed by atoms with van der Waals surface area (Å²) in [5, 5.41) is 9.64. The van der Waals surface area contributed by atoms with Crippen molar-refractivity contribution in [2.24, 2.45) is 0 Å². The molecule has 0 fully saturated rings. The molecule has 9 heteroatoms. The molecule has 0 aliphatic carbocycles. The summed E-state index contributed by atoms with van der Waals surface area (Å²) >= 11 is 18.0. The van der Waals surface area contributed by atoms with E-state index < -0.39 is 0 Å². The summed E-state index contributed by atoms with van der Waals surface area (Å²) < 4.78 is 2.92. The van der Waals surface area contributed by atoms with Crippen LogP contribution in [0.5, 0.6) is 0 Å². The lowest BCUT2D eigenvalue weighted by Gasteiger charge is -2.07. The summed E-state index contributed by atoms with van der Waals surface area (Å²) in [5.74, 6) is 0. The van der Waals surface area contributed by atoms with Crippen molar-refractivity contribution >= 4 is 46.0 Å². The number of hydrogen-bond acceptors (Lipinski definition) is 4. The number of nitrogens with zero attached hydrogens (tertiary/aromatic N) is 5. The monoisotopic (exact) mass is 405 g/mol. The van der Waals surface area contributed by atoms with Crippen molar-refractivity contribution in [2.45, 2.75) is 6.54 Å². The Balaban J connectivity index is 1.76. The molecule has 4 rings (SSSR count). The summed E-state index contributed by atoms with van der Waals surface area (Å²) in [6, 6.07) is 12.1. The molecule has 2 aromatic heterocycles. The van der Waals surface area contributed by atoms with Gasteiger partial charge in [-0.15, -0.1) is 5.10 Å². The average molecular weight is 407 g/mol. The zero-order valence-corrected chi connectivity index (χ0v) is 15.4. The highest BCUT2D eigenvalue weighted by Gasteiger charge is 2.14. The first-order chi connectivity index (χ1) is 12.5. The molecular weight excluding hydrogens is 397 g/mol. The smallest absolute Gasteiger partial charge is 0.283 e. The quantitative estimate of drug-likeness (QED) is 0.516. The van der Waals surface area contributed by atoms with Crippen molar-refractivity contribution in [3.8, 4) is 5.69 Å². The summed E-state index contributed by atoms with van der Waals surface area (Å²) in [4.78, 5) is 17.1. The van der Waals surface area contributed by atoms with Gasteiger partial charge in [0.15, 0.2) is 11.2 Å². The molecule has 2 aromatic carbocycles. The molecule has 4 aromatic rings. The Morgan fingerprint density at radius 1 is 0.962 bits per heavy atom. The normalized spacial score (nSPS) is 11.2. The standard InChI is InChI=1S/C17H10Cl3N5O/c18-11-3-5-13(6-4-11)25-16-15(22-23-25)17(26)24(9-21-16)8-10-1-2-12(19)7-14(10)20/h1-7,9H,8H2. The Kier molecular flexibility index (Phi) is 4.40. The van der Waals surface area contributed by atoms with Gasteiger partial charge in [-0.25, -0.2) is 4.98 Å². The Bertz CT molecular complexity index is 1170. The maximum atomic E-state index is 12.7. The number of hydrogen-bond donors (Lipinski definition) is 0. The highest BCUT2D eigenvalue weighted by Crippen LogP contribution is 2.21. The van der Waals surface area contributed by atoms with Crippen molar-refractivity contribution in [3.05, 3.63) is 79.8 Å². The second-order valence-electron chi connectivity index (χ2n) is 5.56. The molecule has 0 N–H and O–H groups in total. The molecule has 0 saturated carbocycles. The van der Waals surface area contributed by atoms with Gasteiger partial charge >= 0.3 is 0 Å². The lowest BCUT2D eigenvalue weighted by atomic mass is 10.2. The van der Waals surface area contributed by atoms with Gasteiger partial charge in [-0.3, -0.25) is 9.36 Å². The van der Waals surface area contributed by atoms with Gasteiger partial charge in [0.25, 0.3) is 5.56 Å². The lowest BCUT2D eigenvalue weighted by Crippen LogP contribution is -2.21. The fourth-order valence-electron chi connectivity index (χ4n) is 2.55. The van der Waals surface area contributed by atoms with Crippen LogP contribution in [0.2, 0.25) is 15.1 Å². The van der Waals surface area contributed by atoms with E-state index in [0.29, 0.717) is 26.4 Å². The van der Waals surface area contributed by atoms with Crippen LogP contribution in [0.25, 0.3) is 16.9 Å². The highest BCUT2D eigenvalue weighted by atomic mass is 35.5. The van der Waals surface area contributed by atoms with E-state index >= 15 is 0 Å². The number of benzene rings is 2. The summed E-state index contributed by atoms with van der Waals surface area (Å²) in [5.41, 5.74) is 1.70. The minimum atomic E-state index is -0.304. The molecule has 0 amide bonds. The van der Waals surface area contributed by atoms with E-state index in [2.05, 4.69) is 15.3 Å². The molecule has 130 valence electrons. The molecule has 0 aliphatic heterocycles. The van der Waals surface area contributed by atoms with Crippen LogP contribution < -0.4 is 5.56 Å². The fourth-order valence-corrected chi connectivity index (χ4v) is 3.14. The van der Waals surface area contributed by atoms with E-state index in [1.807, 2.05) is 0 Å². The van der Waals surface area contributed by atoms with E-state index in [0.717, 1.165) is 5.56 Å². The van der Waals surface area contributed by atoms with Crippen molar-refractivity contribution < 1.29 is 0 Å². The maximum absolute atomic E-state index is 12.7. The van der Waals surface area contributed by atoms with Crippen LogP contribution >= 0.6 is 34.8 Å². The van der Waals surface area contributed by atoms with Crippen LogP contribution in [0.4, 0.5) is 0 Å². The van der Waals surface area contributed by atoms with Gasteiger partial charge < -0.3 is 0 Å². The van der Waals surface area contributed by atoms with Gasteiger partial charge in [0.1, 0.15) is 6.33 Å². The van der Waals surface area contributed by atoms with E-state index in [1.54, 1.807) is 42.5 Å². The van der Waals surface area contributed by atoms with Crippen LogP contribution in [-0.4, -0.2) is 24.5 Å².